The Morgan fingerprint density at radius 3 is 2.71 bits per heavy atom. The lowest BCUT2D eigenvalue weighted by atomic mass is 9.99. The van der Waals surface area contributed by atoms with Crippen LogP contribution in [0, 0.1) is 13.8 Å². The monoisotopic (exact) mass is 328 g/mol. The van der Waals surface area contributed by atoms with Crippen molar-refractivity contribution in [2.45, 2.75) is 25.6 Å². The topological polar surface area (TPSA) is 0 Å². The van der Waals surface area contributed by atoms with Gasteiger partial charge in [-0.25, -0.2) is 0 Å². The summed E-state index contributed by atoms with van der Waals surface area (Å²) in [6, 6.07) is 8.64. The third-order valence-corrected chi connectivity index (χ3v) is 4.78. The molecule has 2 rings (SSSR count). The molecule has 2 aromatic rings. The van der Waals surface area contributed by atoms with Gasteiger partial charge in [-0.2, -0.15) is 0 Å². The van der Waals surface area contributed by atoms with Crippen LogP contribution in [0.3, 0.4) is 0 Å². The van der Waals surface area contributed by atoms with Gasteiger partial charge < -0.3 is 0 Å². The van der Waals surface area contributed by atoms with Crippen molar-refractivity contribution >= 4 is 38.9 Å². The van der Waals surface area contributed by atoms with Crippen molar-refractivity contribution in [3.63, 3.8) is 0 Å². The fraction of sp³-hybridized carbons (Fsp3) is 0.286. The summed E-state index contributed by atoms with van der Waals surface area (Å²) in [6.07, 6.45) is 0.887. The van der Waals surface area contributed by atoms with Crippen LogP contribution in [0.1, 0.15) is 27.6 Å². The van der Waals surface area contributed by atoms with E-state index in [2.05, 4.69) is 59.4 Å². The first-order valence-electron chi connectivity index (χ1n) is 5.50. The zero-order chi connectivity index (χ0) is 12.4. The van der Waals surface area contributed by atoms with Crippen molar-refractivity contribution in [3.05, 3.63) is 55.7 Å². The maximum absolute atomic E-state index is 6.46. The molecule has 0 bridgehead atoms. The number of benzene rings is 1. The van der Waals surface area contributed by atoms with Crippen molar-refractivity contribution in [1.29, 1.82) is 0 Å². The van der Waals surface area contributed by atoms with Crippen LogP contribution in [-0.4, -0.2) is 0 Å². The third-order valence-electron chi connectivity index (χ3n) is 2.85. The molecule has 0 saturated carbocycles. The highest BCUT2D eigenvalue weighted by Gasteiger charge is 2.12. The molecule has 1 aromatic heterocycles. The van der Waals surface area contributed by atoms with Gasteiger partial charge in [-0.3, -0.25) is 0 Å². The van der Waals surface area contributed by atoms with E-state index in [1.165, 1.54) is 22.3 Å². The highest BCUT2D eigenvalue weighted by atomic mass is 79.9. The van der Waals surface area contributed by atoms with E-state index in [0.29, 0.717) is 0 Å². The lowest BCUT2D eigenvalue weighted by Gasteiger charge is -2.11. The fourth-order valence-electron chi connectivity index (χ4n) is 1.82. The first-order chi connectivity index (χ1) is 8.06. The lowest BCUT2D eigenvalue weighted by molar-refractivity contribution is 0.913. The van der Waals surface area contributed by atoms with E-state index < -0.39 is 0 Å². The summed E-state index contributed by atoms with van der Waals surface area (Å²) in [5.41, 5.74) is 5.15. The number of aryl methyl sites for hydroxylation is 2. The van der Waals surface area contributed by atoms with Crippen molar-refractivity contribution in [2.24, 2.45) is 0 Å². The molecule has 1 heterocycles. The van der Waals surface area contributed by atoms with Crippen LogP contribution in [0.25, 0.3) is 0 Å². The minimum atomic E-state index is 0.0537. The van der Waals surface area contributed by atoms with Gasteiger partial charge in [-0.1, -0.05) is 23.8 Å². The average molecular weight is 330 g/mol. The van der Waals surface area contributed by atoms with Gasteiger partial charge in [0.05, 0.1) is 9.16 Å². The number of hydrogen-bond acceptors (Lipinski definition) is 1. The van der Waals surface area contributed by atoms with Gasteiger partial charge in [0, 0.05) is 0 Å². The molecule has 0 N–H and O–H groups in total. The maximum Gasteiger partial charge on any atom is 0.0701 e. The Morgan fingerprint density at radius 2 is 2.06 bits per heavy atom. The highest BCUT2D eigenvalue weighted by Crippen LogP contribution is 2.32. The molecule has 0 fully saturated rings. The molecule has 0 saturated heterocycles. The smallest absolute Gasteiger partial charge is 0.0701 e. The van der Waals surface area contributed by atoms with E-state index in [4.69, 9.17) is 11.6 Å². The molecule has 3 heteroatoms. The molecular formula is C14H14BrClS. The predicted molar refractivity (Wildman–Crippen MR) is 80.2 cm³/mol. The normalized spacial score (nSPS) is 12.7. The van der Waals surface area contributed by atoms with Crippen LogP contribution in [0.5, 0.6) is 0 Å². The first-order valence-corrected chi connectivity index (χ1v) is 7.61. The number of hydrogen-bond donors (Lipinski definition) is 0. The molecule has 17 heavy (non-hydrogen) atoms. The molecule has 0 nitrogen and oxygen atoms in total. The summed E-state index contributed by atoms with van der Waals surface area (Å²) < 4.78 is 1.14. The zero-order valence-corrected chi connectivity index (χ0v) is 13.0. The fourth-order valence-corrected chi connectivity index (χ4v) is 3.42. The molecule has 0 spiro atoms. The quantitative estimate of drug-likeness (QED) is 0.638. The second-order valence-electron chi connectivity index (χ2n) is 4.29. The Hall–Kier alpha value is -0.310. The van der Waals surface area contributed by atoms with E-state index in [-0.39, 0.29) is 5.38 Å². The zero-order valence-electron chi connectivity index (χ0n) is 9.84. The van der Waals surface area contributed by atoms with Crippen LogP contribution in [0.15, 0.2) is 33.4 Å². The Morgan fingerprint density at radius 1 is 1.29 bits per heavy atom. The summed E-state index contributed by atoms with van der Waals surface area (Å²) in [6.45, 7) is 4.26. The molecular weight excluding hydrogens is 316 g/mol. The van der Waals surface area contributed by atoms with E-state index >= 15 is 0 Å². The Labute approximate surface area is 120 Å². The molecule has 0 radical (unpaired) electrons. The standard InChI is InChI=1S/C14H14BrClS/c1-9-3-4-10(2)11(5-9)6-13(16)12-7-14(15)17-8-12/h3-5,7-8,13H,6H2,1-2H3. The number of alkyl halides is 1. The third kappa shape index (κ3) is 3.34. The van der Waals surface area contributed by atoms with Gasteiger partial charge in [0.25, 0.3) is 0 Å². The van der Waals surface area contributed by atoms with Gasteiger partial charge in [0.1, 0.15) is 0 Å². The summed E-state index contributed by atoms with van der Waals surface area (Å²) in [4.78, 5) is 0. The van der Waals surface area contributed by atoms with Gasteiger partial charge >= 0.3 is 0 Å². The molecule has 90 valence electrons. The molecule has 0 aliphatic heterocycles. The van der Waals surface area contributed by atoms with Crippen LogP contribution < -0.4 is 0 Å². The van der Waals surface area contributed by atoms with E-state index in [1.807, 2.05) is 0 Å². The van der Waals surface area contributed by atoms with Crippen molar-refractivity contribution in [2.75, 3.05) is 0 Å². The Kier molecular flexibility index (Phi) is 4.29. The second-order valence-corrected chi connectivity index (χ2v) is 7.10. The predicted octanol–water partition coefficient (Wildman–Crippen LogP) is 5.65. The molecule has 1 unspecified atom stereocenters. The van der Waals surface area contributed by atoms with Crippen LogP contribution in [0.4, 0.5) is 0 Å². The second kappa shape index (κ2) is 5.55. The SMILES string of the molecule is Cc1ccc(C)c(CC(Cl)c2csc(Br)c2)c1. The summed E-state index contributed by atoms with van der Waals surface area (Å²) >= 11 is 11.6. The van der Waals surface area contributed by atoms with Crippen LogP contribution in [0.2, 0.25) is 0 Å². The van der Waals surface area contributed by atoms with Crippen molar-refractivity contribution in [1.82, 2.24) is 0 Å². The maximum atomic E-state index is 6.46. The van der Waals surface area contributed by atoms with E-state index in [1.54, 1.807) is 11.3 Å². The van der Waals surface area contributed by atoms with Crippen LogP contribution >= 0.6 is 38.9 Å². The van der Waals surface area contributed by atoms with Gasteiger partial charge in [-0.05, 0) is 64.3 Å². The lowest BCUT2D eigenvalue weighted by Crippen LogP contribution is -1.97. The van der Waals surface area contributed by atoms with Gasteiger partial charge in [0.2, 0.25) is 0 Å². The molecule has 0 aliphatic carbocycles. The molecule has 1 aromatic carbocycles. The van der Waals surface area contributed by atoms with Crippen molar-refractivity contribution < 1.29 is 0 Å². The average Bonchev–Trinajstić information content (AvgIpc) is 2.70. The van der Waals surface area contributed by atoms with Gasteiger partial charge in [0.15, 0.2) is 0 Å². The Balaban J connectivity index is 2.18. The Bertz CT molecular complexity index is 519. The van der Waals surface area contributed by atoms with Gasteiger partial charge in [-0.15, -0.1) is 22.9 Å². The van der Waals surface area contributed by atoms with Crippen molar-refractivity contribution in [3.8, 4) is 0 Å². The molecule has 0 aliphatic rings. The molecule has 1 atom stereocenters. The summed E-state index contributed by atoms with van der Waals surface area (Å²) in [5.74, 6) is 0. The first kappa shape index (κ1) is 13.1. The number of thiophene rings is 1. The van der Waals surface area contributed by atoms with Crippen LogP contribution in [-0.2, 0) is 6.42 Å². The largest absolute Gasteiger partial charge is 0.136 e. The number of halogens is 2. The minimum Gasteiger partial charge on any atom is -0.136 e. The minimum absolute atomic E-state index is 0.0537. The molecule has 0 amide bonds. The summed E-state index contributed by atoms with van der Waals surface area (Å²) in [7, 11) is 0. The van der Waals surface area contributed by atoms with E-state index in [9.17, 15) is 0 Å². The van der Waals surface area contributed by atoms with E-state index in [0.717, 1.165) is 10.2 Å². The highest BCUT2D eigenvalue weighted by molar-refractivity contribution is 9.11. The summed E-state index contributed by atoms with van der Waals surface area (Å²) in [5, 5.41) is 2.17. The number of rotatable bonds is 3.